The number of carbonyl (C=O) groups excluding carboxylic acids is 3. The summed E-state index contributed by atoms with van der Waals surface area (Å²) in [6.45, 7) is 3.00. The highest BCUT2D eigenvalue weighted by Gasteiger charge is 2.36. The van der Waals surface area contributed by atoms with Crippen molar-refractivity contribution >= 4 is 23.2 Å². The molecule has 7 nitrogen and oxygen atoms in total. The van der Waals surface area contributed by atoms with Crippen LogP contribution in [0.2, 0.25) is 0 Å². The minimum atomic E-state index is -1.17. The Morgan fingerprint density at radius 2 is 1.64 bits per heavy atom. The molecule has 2 aromatic carbocycles. The molecule has 0 heterocycles. The number of Topliss-reactive ketones (excluding diaryl/α,β-unsaturated/α-hetero) is 2. The molecule has 0 bridgehead atoms. The molecule has 2 atom stereocenters. The summed E-state index contributed by atoms with van der Waals surface area (Å²) in [5.41, 5.74) is 0.830. The van der Waals surface area contributed by atoms with Crippen LogP contribution in [0.5, 0.6) is 0 Å². The van der Waals surface area contributed by atoms with Gasteiger partial charge in [0, 0.05) is 30.0 Å². The van der Waals surface area contributed by atoms with E-state index in [-0.39, 0.29) is 24.5 Å². The first-order chi connectivity index (χ1) is 13.3. The molecule has 0 fully saturated rings. The summed E-state index contributed by atoms with van der Waals surface area (Å²) in [4.78, 5) is 47.8. The lowest BCUT2D eigenvalue weighted by atomic mass is 9.79. The maximum atomic E-state index is 12.7. The molecule has 0 N–H and O–H groups in total. The van der Waals surface area contributed by atoms with Gasteiger partial charge in [-0.3, -0.25) is 24.5 Å². The number of ketones is 2. The molecule has 0 unspecified atom stereocenters. The monoisotopic (exact) mass is 383 g/mol. The first-order valence-corrected chi connectivity index (χ1v) is 8.84. The van der Waals surface area contributed by atoms with Gasteiger partial charge in [0.15, 0.2) is 5.78 Å². The number of non-ortho nitro benzene ring substituents is 1. The first kappa shape index (κ1) is 21.0. The van der Waals surface area contributed by atoms with E-state index in [9.17, 15) is 24.5 Å². The number of hydrogen-bond donors (Lipinski definition) is 0. The number of rotatable bonds is 9. The van der Waals surface area contributed by atoms with E-state index in [4.69, 9.17) is 4.74 Å². The van der Waals surface area contributed by atoms with Crippen molar-refractivity contribution in [1.29, 1.82) is 0 Å². The predicted molar refractivity (Wildman–Crippen MR) is 102 cm³/mol. The lowest BCUT2D eigenvalue weighted by molar-refractivity contribution is -0.384. The van der Waals surface area contributed by atoms with Crippen molar-refractivity contribution in [2.24, 2.45) is 5.92 Å². The summed E-state index contributed by atoms with van der Waals surface area (Å²) < 4.78 is 5.04. The van der Waals surface area contributed by atoms with Crippen LogP contribution < -0.4 is 0 Å². The highest BCUT2D eigenvalue weighted by atomic mass is 16.6. The fourth-order valence-electron chi connectivity index (χ4n) is 3.06. The number of benzene rings is 2. The third kappa shape index (κ3) is 5.09. The Morgan fingerprint density at radius 3 is 2.14 bits per heavy atom. The lowest BCUT2D eigenvalue weighted by Crippen LogP contribution is -2.32. The van der Waals surface area contributed by atoms with Crippen molar-refractivity contribution < 1.29 is 24.0 Å². The van der Waals surface area contributed by atoms with Crippen LogP contribution >= 0.6 is 0 Å². The Balaban J connectivity index is 2.43. The standard InChI is InChI=1S/C21H21NO6/c1-3-28-21(25)20(14(2)23)18(13-19(24)16-7-5-4-6-8-16)15-9-11-17(12-10-15)22(26)27/h4-12,18,20H,3,13H2,1-2H3/t18-,20-/m0/s1. The number of nitro benzene ring substituents is 1. The summed E-state index contributed by atoms with van der Waals surface area (Å²) in [6, 6.07) is 14.1. The van der Waals surface area contributed by atoms with E-state index in [2.05, 4.69) is 0 Å². The zero-order valence-corrected chi connectivity index (χ0v) is 15.7. The van der Waals surface area contributed by atoms with E-state index in [1.165, 1.54) is 31.2 Å². The van der Waals surface area contributed by atoms with Gasteiger partial charge in [-0.15, -0.1) is 0 Å². The Bertz CT molecular complexity index is 860. The fourth-order valence-corrected chi connectivity index (χ4v) is 3.06. The third-order valence-electron chi connectivity index (χ3n) is 4.41. The summed E-state index contributed by atoms with van der Waals surface area (Å²) in [7, 11) is 0. The van der Waals surface area contributed by atoms with Crippen molar-refractivity contribution in [2.75, 3.05) is 6.61 Å². The van der Waals surface area contributed by atoms with E-state index in [0.717, 1.165) is 0 Å². The van der Waals surface area contributed by atoms with Crippen LogP contribution in [0.1, 0.15) is 42.1 Å². The second-order valence-electron chi connectivity index (χ2n) is 6.29. The van der Waals surface area contributed by atoms with E-state index >= 15 is 0 Å². The van der Waals surface area contributed by atoms with Crippen LogP contribution in [0.4, 0.5) is 5.69 Å². The molecule has 0 saturated carbocycles. The van der Waals surface area contributed by atoms with Crippen molar-refractivity contribution in [1.82, 2.24) is 0 Å². The van der Waals surface area contributed by atoms with Gasteiger partial charge in [-0.05, 0) is 19.4 Å². The number of esters is 1. The molecule has 0 saturated heterocycles. The smallest absolute Gasteiger partial charge is 0.317 e. The molecule has 146 valence electrons. The highest BCUT2D eigenvalue weighted by Crippen LogP contribution is 2.32. The Kier molecular flexibility index (Phi) is 7.14. The van der Waals surface area contributed by atoms with E-state index in [1.807, 2.05) is 0 Å². The Hall–Kier alpha value is -3.35. The highest BCUT2D eigenvalue weighted by molar-refractivity contribution is 6.01. The first-order valence-electron chi connectivity index (χ1n) is 8.84. The van der Waals surface area contributed by atoms with Gasteiger partial charge < -0.3 is 4.74 Å². The maximum Gasteiger partial charge on any atom is 0.317 e. The van der Waals surface area contributed by atoms with Crippen LogP contribution in [0.25, 0.3) is 0 Å². The second-order valence-corrected chi connectivity index (χ2v) is 6.29. The lowest BCUT2D eigenvalue weighted by Gasteiger charge is -2.24. The molecule has 0 amide bonds. The van der Waals surface area contributed by atoms with Crippen LogP contribution in [0.15, 0.2) is 54.6 Å². The maximum absolute atomic E-state index is 12.7. The topological polar surface area (TPSA) is 104 Å². The molecule has 0 aliphatic heterocycles. The summed E-state index contributed by atoms with van der Waals surface area (Å²) in [5.74, 6) is -3.33. The number of carbonyl (C=O) groups is 3. The van der Waals surface area contributed by atoms with Gasteiger partial charge in [0.25, 0.3) is 5.69 Å². The fraction of sp³-hybridized carbons (Fsp3) is 0.286. The molecule has 7 heteroatoms. The van der Waals surface area contributed by atoms with Gasteiger partial charge in [-0.2, -0.15) is 0 Å². The van der Waals surface area contributed by atoms with Crippen molar-refractivity contribution in [3.8, 4) is 0 Å². The van der Waals surface area contributed by atoms with Crippen molar-refractivity contribution in [2.45, 2.75) is 26.2 Å². The molecule has 2 aromatic rings. The number of nitrogens with zero attached hydrogens (tertiary/aromatic N) is 1. The zero-order valence-electron chi connectivity index (χ0n) is 15.7. The van der Waals surface area contributed by atoms with E-state index in [1.54, 1.807) is 37.3 Å². The average Bonchev–Trinajstić information content (AvgIpc) is 2.68. The molecule has 0 aromatic heterocycles. The Morgan fingerprint density at radius 1 is 1.04 bits per heavy atom. The van der Waals surface area contributed by atoms with Gasteiger partial charge in [0.1, 0.15) is 11.7 Å². The molecular formula is C21H21NO6. The quantitative estimate of drug-likeness (QED) is 0.215. The van der Waals surface area contributed by atoms with Crippen molar-refractivity contribution in [3.63, 3.8) is 0 Å². The molecule has 0 spiro atoms. The number of nitro groups is 1. The van der Waals surface area contributed by atoms with Gasteiger partial charge in [-0.25, -0.2) is 0 Å². The van der Waals surface area contributed by atoms with Crippen LogP contribution in [0, 0.1) is 16.0 Å². The van der Waals surface area contributed by atoms with Crippen molar-refractivity contribution in [3.05, 3.63) is 75.8 Å². The van der Waals surface area contributed by atoms with Crippen LogP contribution in [-0.2, 0) is 14.3 Å². The minimum absolute atomic E-state index is 0.0994. The average molecular weight is 383 g/mol. The normalized spacial score (nSPS) is 12.6. The second kappa shape index (κ2) is 9.55. The van der Waals surface area contributed by atoms with Gasteiger partial charge >= 0.3 is 5.97 Å². The predicted octanol–water partition coefficient (Wildman–Crippen LogP) is 3.72. The van der Waals surface area contributed by atoms with Crippen LogP contribution in [0.3, 0.4) is 0 Å². The molecule has 0 aliphatic carbocycles. The third-order valence-corrected chi connectivity index (χ3v) is 4.41. The molecular weight excluding hydrogens is 362 g/mol. The Labute approximate surface area is 162 Å². The van der Waals surface area contributed by atoms with Gasteiger partial charge in [-0.1, -0.05) is 42.5 Å². The van der Waals surface area contributed by atoms with E-state index in [0.29, 0.717) is 11.1 Å². The van der Waals surface area contributed by atoms with E-state index < -0.39 is 28.5 Å². The SMILES string of the molecule is CCOC(=O)[C@@H](C(C)=O)[C@@H](CC(=O)c1ccccc1)c1ccc([N+](=O)[O-])cc1. The summed E-state index contributed by atoms with van der Waals surface area (Å²) in [6.07, 6.45) is -0.106. The molecule has 28 heavy (non-hydrogen) atoms. The molecule has 0 radical (unpaired) electrons. The number of ether oxygens (including phenoxy) is 1. The van der Waals surface area contributed by atoms with Crippen LogP contribution in [-0.4, -0.2) is 29.1 Å². The van der Waals surface area contributed by atoms with Gasteiger partial charge in [0.2, 0.25) is 0 Å². The zero-order chi connectivity index (χ0) is 20.7. The largest absolute Gasteiger partial charge is 0.465 e. The summed E-state index contributed by atoms with van der Waals surface area (Å²) >= 11 is 0. The molecule has 2 rings (SSSR count). The summed E-state index contributed by atoms with van der Waals surface area (Å²) in [5, 5.41) is 10.9. The minimum Gasteiger partial charge on any atom is -0.465 e. The van der Waals surface area contributed by atoms with Gasteiger partial charge in [0.05, 0.1) is 11.5 Å². The molecule has 0 aliphatic rings. The number of hydrogen-bond acceptors (Lipinski definition) is 6.